The molecule has 0 bridgehead atoms. The Morgan fingerprint density at radius 2 is 1.57 bits per heavy atom. The molecule has 1 aliphatic heterocycles. The lowest BCUT2D eigenvalue weighted by molar-refractivity contribution is -0.109. The van der Waals surface area contributed by atoms with Gasteiger partial charge in [0, 0.05) is 34.8 Å². The van der Waals surface area contributed by atoms with Crippen LogP contribution in [0.1, 0.15) is 13.3 Å². The van der Waals surface area contributed by atoms with E-state index in [0.29, 0.717) is 40.7 Å². The van der Waals surface area contributed by atoms with E-state index < -0.39 is 21.5 Å². The second-order valence-electron chi connectivity index (χ2n) is 10.3. The van der Waals surface area contributed by atoms with Gasteiger partial charge in [0.15, 0.2) is 17.3 Å². The number of fused-ring (bicyclic) bond motifs is 1. The minimum absolute atomic E-state index is 0.0404. The van der Waals surface area contributed by atoms with Crippen LogP contribution in [0.5, 0.6) is 34.5 Å². The van der Waals surface area contributed by atoms with Crippen molar-refractivity contribution in [1.29, 1.82) is 0 Å². The topological polar surface area (TPSA) is 163 Å². The molecule has 1 aliphatic rings. The minimum Gasteiger partial charge on any atom is -0.496 e. The summed E-state index contributed by atoms with van der Waals surface area (Å²) in [6, 6.07) is 12.4. The number of ether oxygens (including phenoxy) is 7. The van der Waals surface area contributed by atoms with Crippen LogP contribution in [0.2, 0.25) is 0 Å². The van der Waals surface area contributed by atoms with Crippen LogP contribution in [0.15, 0.2) is 72.2 Å². The van der Waals surface area contributed by atoms with E-state index in [2.05, 4.69) is 26.5 Å². The molecule has 1 N–H and O–H groups in total. The fourth-order valence-corrected chi connectivity index (χ4v) is 6.85. The first-order chi connectivity index (χ1) is 23.4. The first kappa shape index (κ1) is 36.0. The van der Waals surface area contributed by atoms with Gasteiger partial charge in [0.05, 0.1) is 47.1 Å². The molecule has 3 aromatic carbocycles. The van der Waals surface area contributed by atoms with E-state index in [1.807, 2.05) is 0 Å². The number of hydrogen-bond acceptors (Lipinski definition) is 15. The monoisotopic (exact) mass is 780 g/mol. The zero-order valence-electron chi connectivity index (χ0n) is 27.3. The Balaban J connectivity index is 1.33. The first-order valence-corrected chi connectivity index (χ1v) is 17.7. The van der Waals surface area contributed by atoms with Crippen molar-refractivity contribution in [2.75, 3.05) is 47.9 Å². The van der Waals surface area contributed by atoms with E-state index in [9.17, 15) is 13.2 Å². The van der Waals surface area contributed by atoms with Gasteiger partial charge in [-0.05, 0) is 42.8 Å². The molecule has 0 radical (unpaired) electrons. The summed E-state index contributed by atoms with van der Waals surface area (Å²) >= 11 is 4.47. The van der Waals surface area contributed by atoms with Gasteiger partial charge < -0.3 is 37.6 Å². The quantitative estimate of drug-likeness (QED) is 0.122. The zero-order valence-corrected chi connectivity index (χ0v) is 30.5. The fourth-order valence-electron chi connectivity index (χ4n) is 4.76. The van der Waals surface area contributed by atoms with E-state index in [4.69, 9.17) is 41.8 Å². The SMILES string of the molecule is COc1cc(OC)c2c(=O)c(OCCCSC3=NNC(C)(OS(=O)(=O)c4ccc(Br)cc4)O3)c(-c3cc(OC)c(OC)c(OC)c3)oc2c1. The second-order valence-corrected chi connectivity index (χ2v) is 13.8. The molecular weight excluding hydrogens is 748 g/mol. The van der Waals surface area contributed by atoms with Gasteiger partial charge in [0.2, 0.25) is 16.9 Å². The van der Waals surface area contributed by atoms with Gasteiger partial charge in [0.25, 0.3) is 5.23 Å². The van der Waals surface area contributed by atoms with Crippen LogP contribution in [-0.4, -0.2) is 67.5 Å². The molecule has 49 heavy (non-hydrogen) atoms. The van der Waals surface area contributed by atoms with Gasteiger partial charge >= 0.3 is 16.0 Å². The average molecular weight is 782 g/mol. The summed E-state index contributed by atoms with van der Waals surface area (Å²) in [5, 5.41) is 4.40. The van der Waals surface area contributed by atoms with E-state index >= 15 is 0 Å². The smallest absolute Gasteiger partial charge is 0.321 e. The minimum atomic E-state index is -4.16. The highest BCUT2D eigenvalue weighted by atomic mass is 79.9. The van der Waals surface area contributed by atoms with Crippen molar-refractivity contribution in [3.8, 4) is 45.8 Å². The molecule has 5 rings (SSSR count). The van der Waals surface area contributed by atoms with Crippen molar-refractivity contribution in [2.45, 2.75) is 24.2 Å². The van der Waals surface area contributed by atoms with Gasteiger partial charge in [-0.25, -0.2) is 5.43 Å². The summed E-state index contributed by atoms with van der Waals surface area (Å²) in [5.41, 5.74) is 2.75. The number of nitrogens with zero attached hydrogens (tertiary/aromatic N) is 1. The van der Waals surface area contributed by atoms with Gasteiger partial charge in [-0.1, -0.05) is 27.7 Å². The highest BCUT2D eigenvalue weighted by molar-refractivity contribution is 9.10. The number of hydrazone groups is 1. The molecule has 14 nitrogen and oxygen atoms in total. The van der Waals surface area contributed by atoms with Crippen LogP contribution in [0.4, 0.5) is 0 Å². The molecule has 17 heteroatoms. The molecular formula is C32H33BrN2O12S2. The van der Waals surface area contributed by atoms with E-state index in [1.165, 1.54) is 66.4 Å². The third-order valence-electron chi connectivity index (χ3n) is 7.04. The van der Waals surface area contributed by atoms with Crippen LogP contribution in [0.25, 0.3) is 22.3 Å². The lowest BCUT2D eigenvalue weighted by Gasteiger charge is -2.22. The molecule has 0 aliphatic carbocycles. The molecule has 262 valence electrons. The molecule has 0 amide bonds. The Morgan fingerprint density at radius 3 is 2.18 bits per heavy atom. The van der Waals surface area contributed by atoms with E-state index in [-0.39, 0.29) is 45.0 Å². The van der Waals surface area contributed by atoms with Crippen molar-refractivity contribution in [3.63, 3.8) is 0 Å². The molecule has 0 fully saturated rings. The summed E-state index contributed by atoms with van der Waals surface area (Å²) in [6.07, 6.45) is 0.424. The van der Waals surface area contributed by atoms with E-state index in [0.717, 1.165) is 4.47 Å². The van der Waals surface area contributed by atoms with Gasteiger partial charge in [-0.3, -0.25) is 4.79 Å². The lowest BCUT2D eigenvalue weighted by atomic mass is 10.1. The van der Waals surface area contributed by atoms with Gasteiger partial charge in [-0.2, -0.15) is 12.6 Å². The zero-order chi connectivity index (χ0) is 35.3. The van der Waals surface area contributed by atoms with Crippen molar-refractivity contribution in [1.82, 2.24) is 5.43 Å². The van der Waals surface area contributed by atoms with Crippen LogP contribution in [0, 0.1) is 0 Å². The van der Waals surface area contributed by atoms with Crippen LogP contribution < -0.4 is 39.3 Å². The maximum atomic E-state index is 14.0. The number of benzene rings is 3. The van der Waals surface area contributed by atoms with Crippen LogP contribution in [-0.2, 0) is 19.0 Å². The number of hydrogen-bond donors (Lipinski definition) is 1. The van der Waals surface area contributed by atoms with Crippen LogP contribution in [0.3, 0.4) is 0 Å². The van der Waals surface area contributed by atoms with Gasteiger partial charge in [-0.15, -0.1) is 5.10 Å². The lowest BCUT2D eigenvalue weighted by Crippen LogP contribution is -2.42. The first-order valence-electron chi connectivity index (χ1n) is 14.5. The molecule has 1 atom stereocenters. The predicted molar refractivity (Wildman–Crippen MR) is 186 cm³/mol. The van der Waals surface area contributed by atoms with Crippen molar-refractivity contribution >= 4 is 54.0 Å². The fraction of sp³-hybridized carbons (Fsp3) is 0.312. The van der Waals surface area contributed by atoms with E-state index in [1.54, 1.807) is 36.4 Å². The molecule has 1 unspecified atom stereocenters. The molecule has 0 spiro atoms. The summed E-state index contributed by atoms with van der Waals surface area (Å²) in [4.78, 5) is 14.0. The van der Waals surface area contributed by atoms with Crippen molar-refractivity contribution in [2.24, 2.45) is 5.10 Å². The van der Waals surface area contributed by atoms with Crippen molar-refractivity contribution in [3.05, 3.63) is 63.2 Å². The molecule has 4 aromatic rings. The number of nitrogens with one attached hydrogen (secondary N) is 1. The summed E-state index contributed by atoms with van der Waals surface area (Å²) in [5.74, 6) is 0.454. The maximum absolute atomic E-state index is 14.0. The largest absolute Gasteiger partial charge is 0.496 e. The standard InChI is InChI=1S/C32H33BrN2O12S2/c1-32(47-49(37,38)21-10-8-19(33)9-11-21)35-34-31(46-32)48-13-7-12-44-30-27(36)26-22(40-3)16-20(39-2)17-23(26)45-28(30)18-14-24(41-4)29(43-6)25(15-18)42-5/h8-11,14-17,35H,7,12-13H2,1-6H3. The third kappa shape index (κ3) is 7.79. The highest BCUT2D eigenvalue weighted by Gasteiger charge is 2.40. The number of halogens is 1. The number of methoxy groups -OCH3 is 5. The van der Waals surface area contributed by atoms with Gasteiger partial charge in [0.1, 0.15) is 22.5 Å². The van der Waals surface area contributed by atoms with Crippen molar-refractivity contribution < 1.29 is 50.2 Å². The summed E-state index contributed by atoms with van der Waals surface area (Å²) in [6.45, 7) is 1.49. The third-order valence-corrected chi connectivity index (χ3v) is 9.87. The molecule has 0 saturated carbocycles. The van der Waals surface area contributed by atoms with Crippen LogP contribution >= 0.6 is 27.7 Å². The maximum Gasteiger partial charge on any atom is 0.321 e. The Bertz CT molecular complexity index is 2010. The Hall–Kier alpha value is -4.32. The highest BCUT2D eigenvalue weighted by Crippen LogP contribution is 2.44. The molecule has 2 heterocycles. The average Bonchev–Trinajstić information content (AvgIpc) is 3.46. The summed E-state index contributed by atoms with van der Waals surface area (Å²) in [7, 11) is 3.21. The molecule has 0 saturated heterocycles. The Kier molecular flexibility index (Phi) is 11.1. The second kappa shape index (κ2) is 15.1. The number of thioether (sulfide) groups is 1. The Labute approximate surface area is 294 Å². The number of rotatable bonds is 14. The normalized spacial score (nSPS) is 15.6. The predicted octanol–water partition coefficient (Wildman–Crippen LogP) is 5.74. The molecule has 1 aromatic heterocycles. The summed E-state index contributed by atoms with van der Waals surface area (Å²) < 4.78 is 77.0. The Morgan fingerprint density at radius 1 is 0.898 bits per heavy atom.